The number of nitrogens with two attached hydrogens (primary N) is 1. The van der Waals surface area contributed by atoms with E-state index in [0.717, 1.165) is 19.3 Å². The number of rotatable bonds is 4. The molecule has 0 heterocycles. The summed E-state index contributed by atoms with van der Waals surface area (Å²) in [5.41, 5.74) is 8.58. The van der Waals surface area contributed by atoms with E-state index in [1.165, 1.54) is 24.0 Å². The minimum Gasteiger partial charge on any atom is -0.354 e. The van der Waals surface area contributed by atoms with Crippen molar-refractivity contribution < 1.29 is 4.79 Å². The molecule has 4 heteroatoms. The van der Waals surface area contributed by atoms with Gasteiger partial charge in [0.25, 0.3) is 0 Å². The summed E-state index contributed by atoms with van der Waals surface area (Å²) in [5, 5.41) is 3.05. The second kappa shape index (κ2) is 6.59. The molecule has 2 atom stereocenters. The Morgan fingerprint density at radius 3 is 2.80 bits per heavy atom. The van der Waals surface area contributed by atoms with Crippen LogP contribution in [0.1, 0.15) is 42.7 Å². The molecule has 2 aliphatic rings. The van der Waals surface area contributed by atoms with Crippen molar-refractivity contribution in [1.29, 1.82) is 0 Å². The SMILES string of the molecule is Cl.NC(CNC(=O)C1CCCc2ccccc21)C1CC1. The van der Waals surface area contributed by atoms with Crippen LogP contribution in [0.5, 0.6) is 0 Å². The van der Waals surface area contributed by atoms with Gasteiger partial charge >= 0.3 is 0 Å². The molecule has 0 aromatic heterocycles. The second-order valence-electron chi connectivity index (χ2n) is 5.89. The molecule has 0 saturated heterocycles. The fraction of sp³-hybridized carbons (Fsp3) is 0.562. The van der Waals surface area contributed by atoms with Crippen LogP contribution in [-0.2, 0) is 11.2 Å². The molecule has 3 rings (SSSR count). The van der Waals surface area contributed by atoms with E-state index in [4.69, 9.17) is 5.73 Å². The zero-order chi connectivity index (χ0) is 13.2. The average Bonchev–Trinajstić information content (AvgIpc) is 3.28. The highest BCUT2D eigenvalue weighted by molar-refractivity contribution is 5.85. The first-order chi connectivity index (χ1) is 9.25. The number of nitrogens with one attached hydrogen (secondary N) is 1. The van der Waals surface area contributed by atoms with Crippen molar-refractivity contribution >= 4 is 18.3 Å². The Morgan fingerprint density at radius 1 is 1.30 bits per heavy atom. The smallest absolute Gasteiger partial charge is 0.227 e. The molecule has 0 radical (unpaired) electrons. The Morgan fingerprint density at radius 2 is 2.05 bits per heavy atom. The topological polar surface area (TPSA) is 55.1 Å². The molecule has 1 aromatic rings. The first kappa shape index (κ1) is 15.3. The molecule has 3 nitrogen and oxygen atoms in total. The summed E-state index contributed by atoms with van der Waals surface area (Å²) < 4.78 is 0. The molecule has 1 amide bonds. The van der Waals surface area contributed by atoms with Crippen LogP contribution >= 0.6 is 12.4 Å². The molecule has 1 saturated carbocycles. The summed E-state index contributed by atoms with van der Waals surface area (Å²) in [4.78, 5) is 12.3. The highest BCUT2D eigenvalue weighted by atomic mass is 35.5. The van der Waals surface area contributed by atoms with E-state index in [-0.39, 0.29) is 30.3 Å². The molecule has 0 bridgehead atoms. The zero-order valence-electron chi connectivity index (χ0n) is 11.7. The van der Waals surface area contributed by atoms with Crippen LogP contribution in [-0.4, -0.2) is 18.5 Å². The maximum atomic E-state index is 12.3. The molecule has 3 N–H and O–H groups in total. The molecule has 1 aromatic carbocycles. The van der Waals surface area contributed by atoms with Gasteiger partial charge in [0.15, 0.2) is 0 Å². The number of carbonyl (C=O) groups excluding carboxylic acids is 1. The monoisotopic (exact) mass is 294 g/mol. The van der Waals surface area contributed by atoms with E-state index in [1.54, 1.807) is 0 Å². The van der Waals surface area contributed by atoms with Crippen molar-refractivity contribution in [2.24, 2.45) is 11.7 Å². The Bertz CT molecular complexity index is 473. The zero-order valence-corrected chi connectivity index (χ0v) is 12.5. The summed E-state index contributed by atoms with van der Waals surface area (Å²) in [6.45, 7) is 0.627. The van der Waals surface area contributed by atoms with Gasteiger partial charge in [0, 0.05) is 12.6 Å². The van der Waals surface area contributed by atoms with Crippen LogP contribution in [0.25, 0.3) is 0 Å². The Balaban J connectivity index is 0.00000147. The normalized spacial score (nSPS) is 22.4. The third-order valence-electron chi connectivity index (χ3n) is 4.43. The maximum Gasteiger partial charge on any atom is 0.227 e. The number of halogens is 1. The first-order valence-electron chi connectivity index (χ1n) is 7.37. The van der Waals surface area contributed by atoms with Crippen LogP contribution < -0.4 is 11.1 Å². The largest absolute Gasteiger partial charge is 0.354 e. The number of benzene rings is 1. The molecule has 2 unspecified atom stereocenters. The lowest BCUT2D eigenvalue weighted by molar-refractivity contribution is -0.122. The van der Waals surface area contributed by atoms with Gasteiger partial charge in [-0.1, -0.05) is 24.3 Å². The van der Waals surface area contributed by atoms with Gasteiger partial charge < -0.3 is 11.1 Å². The highest BCUT2D eigenvalue weighted by Crippen LogP contribution is 2.33. The molecular weight excluding hydrogens is 272 g/mol. The summed E-state index contributed by atoms with van der Waals surface area (Å²) in [5.74, 6) is 0.818. The Hall–Kier alpha value is -1.06. The van der Waals surface area contributed by atoms with Crippen molar-refractivity contribution in [3.63, 3.8) is 0 Å². The summed E-state index contributed by atoms with van der Waals surface area (Å²) in [6.07, 6.45) is 5.61. The van der Waals surface area contributed by atoms with Gasteiger partial charge in [-0.25, -0.2) is 0 Å². The molecule has 1 fully saturated rings. The molecule has 20 heavy (non-hydrogen) atoms. The number of carbonyl (C=O) groups is 1. The summed E-state index contributed by atoms with van der Waals surface area (Å²) >= 11 is 0. The maximum absolute atomic E-state index is 12.3. The van der Waals surface area contributed by atoms with Crippen LogP contribution in [0.4, 0.5) is 0 Å². The molecule has 2 aliphatic carbocycles. The van der Waals surface area contributed by atoms with E-state index in [9.17, 15) is 4.79 Å². The Kier molecular flexibility index (Phi) is 5.06. The predicted molar refractivity (Wildman–Crippen MR) is 83.1 cm³/mol. The van der Waals surface area contributed by atoms with Gasteiger partial charge in [-0.05, 0) is 49.1 Å². The summed E-state index contributed by atoms with van der Waals surface area (Å²) in [7, 11) is 0. The van der Waals surface area contributed by atoms with Gasteiger partial charge in [-0.15, -0.1) is 12.4 Å². The van der Waals surface area contributed by atoms with E-state index >= 15 is 0 Å². The fourth-order valence-electron chi connectivity index (χ4n) is 3.06. The number of fused-ring (bicyclic) bond motifs is 1. The summed E-state index contributed by atoms with van der Waals surface area (Å²) in [6, 6.07) is 8.47. The van der Waals surface area contributed by atoms with Crippen molar-refractivity contribution in [2.75, 3.05) is 6.54 Å². The lowest BCUT2D eigenvalue weighted by atomic mass is 9.82. The fourth-order valence-corrected chi connectivity index (χ4v) is 3.06. The van der Waals surface area contributed by atoms with Crippen LogP contribution in [0, 0.1) is 5.92 Å². The predicted octanol–water partition coefficient (Wildman–Crippen LogP) is 2.38. The minimum absolute atomic E-state index is 0. The molecule has 110 valence electrons. The van der Waals surface area contributed by atoms with E-state index in [0.29, 0.717) is 12.5 Å². The molecular formula is C16H23ClN2O. The van der Waals surface area contributed by atoms with Crippen molar-refractivity contribution in [1.82, 2.24) is 5.32 Å². The second-order valence-corrected chi connectivity index (χ2v) is 5.89. The van der Waals surface area contributed by atoms with Crippen molar-refractivity contribution in [3.05, 3.63) is 35.4 Å². The molecule has 0 aliphatic heterocycles. The standard InChI is InChI=1S/C16H22N2O.ClH/c17-15(12-8-9-12)10-18-16(19)14-7-3-5-11-4-1-2-6-13(11)14;/h1-2,4,6,12,14-15H,3,5,7-10,17H2,(H,18,19);1H. The van der Waals surface area contributed by atoms with Gasteiger partial charge in [0.2, 0.25) is 5.91 Å². The van der Waals surface area contributed by atoms with Crippen LogP contribution in [0.2, 0.25) is 0 Å². The van der Waals surface area contributed by atoms with Crippen molar-refractivity contribution in [2.45, 2.75) is 44.1 Å². The van der Waals surface area contributed by atoms with E-state index < -0.39 is 0 Å². The number of amides is 1. The van der Waals surface area contributed by atoms with Crippen molar-refractivity contribution in [3.8, 4) is 0 Å². The average molecular weight is 295 g/mol. The third kappa shape index (κ3) is 3.33. The lowest BCUT2D eigenvalue weighted by Crippen LogP contribution is -2.41. The number of hydrogen-bond donors (Lipinski definition) is 2. The highest BCUT2D eigenvalue weighted by Gasteiger charge is 2.30. The Labute approximate surface area is 126 Å². The van der Waals surface area contributed by atoms with Crippen LogP contribution in [0.3, 0.4) is 0 Å². The number of aryl methyl sites for hydroxylation is 1. The first-order valence-corrected chi connectivity index (χ1v) is 7.37. The van der Waals surface area contributed by atoms with Gasteiger partial charge in [0.05, 0.1) is 5.92 Å². The lowest BCUT2D eigenvalue weighted by Gasteiger charge is -2.25. The number of hydrogen-bond acceptors (Lipinski definition) is 2. The molecule has 0 spiro atoms. The van der Waals surface area contributed by atoms with Gasteiger partial charge in [-0.2, -0.15) is 0 Å². The van der Waals surface area contributed by atoms with E-state index in [2.05, 4.69) is 23.5 Å². The third-order valence-corrected chi connectivity index (χ3v) is 4.43. The van der Waals surface area contributed by atoms with Gasteiger partial charge in [-0.3, -0.25) is 4.79 Å². The quantitative estimate of drug-likeness (QED) is 0.896. The van der Waals surface area contributed by atoms with E-state index in [1.807, 2.05) is 6.07 Å². The minimum atomic E-state index is 0. The van der Waals surface area contributed by atoms with Crippen LogP contribution in [0.15, 0.2) is 24.3 Å². The van der Waals surface area contributed by atoms with Gasteiger partial charge in [0.1, 0.15) is 0 Å².